The van der Waals surface area contributed by atoms with Gasteiger partial charge in [0.1, 0.15) is 6.61 Å². The van der Waals surface area contributed by atoms with Crippen LogP contribution < -0.4 is 14.8 Å². The number of methoxy groups -OCH3 is 1. The maximum absolute atomic E-state index is 12.6. The largest absolute Gasteiger partial charge is 0.493 e. The molecule has 1 aromatic heterocycles. The van der Waals surface area contributed by atoms with Crippen molar-refractivity contribution >= 4 is 17.2 Å². The molecule has 2 fully saturated rings. The zero-order valence-electron chi connectivity index (χ0n) is 15.5. The lowest BCUT2D eigenvalue weighted by Gasteiger charge is -2.32. The van der Waals surface area contributed by atoms with E-state index in [-0.39, 0.29) is 11.9 Å². The summed E-state index contributed by atoms with van der Waals surface area (Å²) in [5.74, 6) is 1.12. The molecule has 1 aromatic carbocycles. The molecule has 0 radical (unpaired) electrons. The van der Waals surface area contributed by atoms with Gasteiger partial charge in [-0.1, -0.05) is 0 Å². The van der Waals surface area contributed by atoms with Gasteiger partial charge in [-0.3, -0.25) is 4.79 Å². The monoisotopic (exact) mass is 387 g/mol. The van der Waals surface area contributed by atoms with Crippen molar-refractivity contribution in [2.75, 3.05) is 20.2 Å². The Balaban J connectivity index is 1.34. The SMILES string of the molecule is COc1cc(C(=O)NC2CCN(C3CC3)CC2)ccc1OCc1cscn1. The molecule has 2 heterocycles. The average molecular weight is 388 g/mol. The molecule has 2 aromatic rings. The fraction of sp³-hybridized carbons (Fsp3) is 0.500. The van der Waals surface area contributed by atoms with Gasteiger partial charge in [-0.15, -0.1) is 11.3 Å². The highest BCUT2D eigenvalue weighted by molar-refractivity contribution is 7.07. The van der Waals surface area contributed by atoms with Crippen LogP contribution in [0.25, 0.3) is 0 Å². The number of piperidine rings is 1. The van der Waals surface area contributed by atoms with Gasteiger partial charge in [0.2, 0.25) is 0 Å². The third-order valence-electron chi connectivity index (χ3n) is 5.21. The molecule has 27 heavy (non-hydrogen) atoms. The number of nitrogens with zero attached hydrogens (tertiary/aromatic N) is 2. The van der Waals surface area contributed by atoms with Gasteiger partial charge in [0, 0.05) is 36.1 Å². The van der Waals surface area contributed by atoms with Crippen molar-refractivity contribution in [1.82, 2.24) is 15.2 Å². The van der Waals surface area contributed by atoms with Crippen LogP contribution in [0.2, 0.25) is 0 Å². The Morgan fingerprint density at radius 1 is 1.26 bits per heavy atom. The third kappa shape index (κ3) is 4.59. The van der Waals surface area contributed by atoms with E-state index in [2.05, 4.69) is 15.2 Å². The van der Waals surface area contributed by atoms with E-state index in [1.54, 1.807) is 30.8 Å². The molecule has 144 valence electrons. The second kappa shape index (κ2) is 8.27. The van der Waals surface area contributed by atoms with Crippen molar-refractivity contribution in [2.24, 2.45) is 0 Å². The quantitative estimate of drug-likeness (QED) is 0.791. The zero-order valence-corrected chi connectivity index (χ0v) is 16.3. The standard InChI is InChI=1S/C20H25N3O3S/c1-25-19-10-14(2-5-18(19)26-11-16-12-27-13-21-16)20(24)22-15-6-8-23(9-7-15)17-3-4-17/h2,5,10,12-13,15,17H,3-4,6-9,11H2,1H3,(H,22,24). The summed E-state index contributed by atoms with van der Waals surface area (Å²) < 4.78 is 11.2. The number of ether oxygens (including phenoxy) is 2. The van der Waals surface area contributed by atoms with Crippen molar-refractivity contribution in [1.29, 1.82) is 0 Å². The second-order valence-electron chi connectivity index (χ2n) is 7.15. The molecule has 0 atom stereocenters. The van der Waals surface area contributed by atoms with Gasteiger partial charge in [0.15, 0.2) is 11.5 Å². The van der Waals surface area contributed by atoms with E-state index < -0.39 is 0 Å². The first-order chi connectivity index (χ1) is 13.2. The van der Waals surface area contributed by atoms with Crippen LogP contribution in [-0.2, 0) is 6.61 Å². The van der Waals surface area contributed by atoms with E-state index in [9.17, 15) is 4.79 Å². The lowest BCUT2D eigenvalue weighted by Crippen LogP contribution is -2.45. The first kappa shape index (κ1) is 18.3. The summed E-state index contributed by atoms with van der Waals surface area (Å²) in [5, 5.41) is 5.12. The summed E-state index contributed by atoms with van der Waals surface area (Å²) in [5.41, 5.74) is 3.25. The van der Waals surface area contributed by atoms with Crippen LogP contribution in [0.1, 0.15) is 41.7 Å². The van der Waals surface area contributed by atoms with Gasteiger partial charge in [0.05, 0.1) is 18.3 Å². The summed E-state index contributed by atoms with van der Waals surface area (Å²) in [6, 6.07) is 6.37. The summed E-state index contributed by atoms with van der Waals surface area (Å²) in [7, 11) is 1.58. The predicted molar refractivity (Wildman–Crippen MR) is 105 cm³/mol. The number of nitrogens with one attached hydrogen (secondary N) is 1. The van der Waals surface area contributed by atoms with E-state index in [4.69, 9.17) is 9.47 Å². The Morgan fingerprint density at radius 2 is 2.07 bits per heavy atom. The molecule has 1 saturated carbocycles. The number of aromatic nitrogens is 1. The average Bonchev–Trinajstić information content (AvgIpc) is 3.42. The molecule has 1 saturated heterocycles. The van der Waals surface area contributed by atoms with Crippen LogP contribution >= 0.6 is 11.3 Å². The third-order valence-corrected chi connectivity index (χ3v) is 5.85. The minimum atomic E-state index is -0.0516. The Kier molecular flexibility index (Phi) is 5.59. The molecular formula is C20H25N3O3S. The van der Waals surface area contributed by atoms with E-state index in [0.29, 0.717) is 23.7 Å². The summed E-state index contributed by atoms with van der Waals surface area (Å²) in [6.45, 7) is 2.55. The summed E-state index contributed by atoms with van der Waals surface area (Å²) in [6.07, 6.45) is 4.73. The summed E-state index contributed by atoms with van der Waals surface area (Å²) >= 11 is 1.53. The topological polar surface area (TPSA) is 63.7 Å². The molecule has 6 nitrogen and oxygen atoms in total. The van der Waals surface area contributed by atoms with Crippen LogP contribution in [0.3, 0.4) is 0 Å². The number of likely N-dealkylation sites (tertiary alicyclic amines) is 1. The molecule has 0 spiro atoms. The molecule has 0 unspecified atom stereocenters. The lowest BCUT2D eigenvalue weighted by atomic mass is 10.0. The number of thiazole rings is 1. The molecule has 1 N–H and O–H groups in total. The molecule has 7 heteroatoms. The van der Waals surface area contributed by atoms with Gasteiger partial charge >= 0.3 is 0 Å². The fourth-order valence-electron chi connectivity index (χ4n) is 3.51. The molecule has 4 rings (SSSR count). The van der Waals surface area contributed by atoms with Crippen molar-refractivity contribution in [3.05, 3.63) is 40.3 Å². The van der Waals surface area contributed by atoms with Crippen molar-refractivity contribution < 1.29 is 14.3 Å². The van der Waals surface area contributed by atoms with E-state index >= 15 is 0 Å². The number of hydrogen-bond acceptors (Lipinski definition) is 6. The van der Waals surface area contributed by atoms with Crippen molar-refractivity contribution in [2.45, 2.75) is 44.4 Å². The van der Waals surface area contributed by atoms with Gasteiger partial charge in [-0.05, 0) is 43.9 Å². The molecular weight excluding hydrogens is 362 g/mol. The van der Waals surface area contributed by atoms with Crippen molar-refractivity contribution in [3.63, 3.8) is 0 Å². The predicted octanol–water partition coefficient (Wildman–Crippen LogP) is 3.09. The van der Waals surface area contributed by atoms with Crippen LogP contribution in [0.15, 0.2) is 29.1 Å². The minimum absolute atomic E-state index is 0.0516. The highest BCUT2D eigenvalue weighted by atomic mass is 32.1. The van der Waals surface area contributed by atoms with Gasteiger partial charge in [-0.25, -0.2) is 4.98 Å². The van der Waals surface area contributed by atoms with Gasteiger partial charge < -0.3 is 19.7 Å². The lowest BCUT2D eigenvalue weighted by molar-refractivity contribution is 0.0908. The number of carbonyl (C=O) groups is 1. The van der Waals surface area contributed by atoms with E-state index in [1.807, 2.05) is 5.38 Å². The number of benzene rings is 1. The Hall–Kier alpha value is -2.12. The van der Waals surface area contributed by atoms with Crippen LogP contribution in [0, 0.1) is 0 Å². The molecule has 1 amide bonds. The first-order valence-corrected chi connectivity index (χ1v) is 10.4. The molecule has 0 bridgehead atoms. The van der Waals surface area contributed by atoms with E-state index in [1.165, 1.54) is 24.2 Å². The Morgan fingerprint density at radius 3 is 2.74 bits per heavy atom. The molecule has 1 aliphatic heterocycles. The summed E-state index contributed by atoms with van der Waals surface area (Å²) in [4.78, 5) is 19.4. The van der Waals surface area contributed by atoms with Crippen LogP contribution in [0.5, 0.6) is 11.5 Å². The smallest absolute Gasteiger partial charge is 0.251 e. The van der Waals surface area contributed by atoms with Crippen LogP contribution in [0.4, 0.5) is 0 Å². The number of rotatable bonds is 7. The molecule has 1 aliphatic carbocycles. The highest BCUT2D eigenvalue weighted by Gasteiger charge is 2.32. The fourth-order valence-corrected chi connectivity index (χ4v) is 4.05. The highest BCUT2D eigenvalue weighted by Crippen LogP contribution is 2.30. The van der Waals surface area contributed by atoms with Crippen LogP contribution in [-0.4, -0.2) is 48.1 Å². The Bertz CT molecular complexity index is 769. The van der Waals surface area contributed by atoms with E-state index in [0.717, 1.165) is 37.7 Å². The van der Waals surface area contributed by atoms with Gasteiger partial charge in [-0.2, -0.15) is 0 Å². The minimum Gasteiger partial charge on any atom is -0.493 e. The maximum atomic E-state index is 12.6. The maximum Gasteiger partial charge on any atom is 0.251 e. The zero-order chi connectivity index (χ0) is 18.6. The second-order valence-corrected chi connectivity index (χ2v) is 7.87. The number of amides is 1. The molecule has 2 aliphatic rings. The van der Waals surface area contributed by atoms with Crippen molar-refractivity contribution in [3.8, 4) is 11.5 Å². The normalized spacial score (nSPS) is 18.3. The number of carbonyl (C=O) groups excluding carboxylic acids is 1. The first-order valence-electron chi connectivity index (χ1n) is 9.46. The van der Waals surface area contributed by atoms with Gasteiger partial charge in [0.25, 0.3) is 5.91 Å². The Labute approximate surface area is 163 Å². The number of hydrogen-bond donors (Lipinski definition) is 1.